The van der Waals surface area contributed by atoms with Crippen LogP contribution in [0.15, 0.2) is 51.3 Å². The maximum Gasteiger partial charge on any atom is 0.189 e. The molecule has 0 saturated carbocycles. The molecule has 1 atom stereocenters. The number of halogens is 1. The average molecular weight is 399 g/mol. The summed E-state index contributed by atoms with van der Waals surface area (Å²) >= 11 is 1.50. The normalized spacial score (nSPS) is 19.4. The number of rotatable bonds is 5. The van der Waals surface area contributed by atoms with Crippen LogP contribution in [0, 0.1) is 5.82 Å². The van der Waals surface area contributed by atoms with Crippen LogP contribution in [-0.4, -0.2) is 30.0 Å². The molecule has 2 N–H and O–H groups in total. The zero-order valence-electron chi connectivity index (χ0n) is 15.1. The number of carbonyl (C=O) groups excluding carboxylic acids is 1. The molecule has 1 aliphatic rings. The van der Waals surface area contributed by atoms with E-state index in [0.29, 0.717) is 22.7 Å². The van der Waals surface area contributed by atoms with Crippen LogP contribution in [0.3, 0.4) is 0 Å². The topological polar surface area (TPSA) is 90.7 Å². The van der Waals surface area contributed by atoms with Gasteiger partial charge in [0.2, 0.25) is 0 Å². The van der Waals surface area contributed by atoms with Crippen molar-refractivity contribution >= 4 is 23.0 Å². The van der Waals surface area contributed by atoms with Crippen molar-refractivity contribution in [2.24, 2.45) is 10.7 Å². The number of ketones is 1. The first-order valence-electron chi connectivity index (χ1n) is 8.69. The number of benzene rings is 1. The molecule has 144 valence electrons. The average Bonchev–Trinajstić information content (AvgIpc) is 3.34. The molecule has 28 heavy (non-hydrogen) atoms. The molecule has 0 spiro atoms. The number of amidine groups is 1. The fourth-order valence-corrected chi connectivity index (χ4v) is 3.86. The van der Waals surface area contributed by atoms with Crippen molar-refractivity contribution in [2.45, 2.75) is 18.9 Å². The molecular weight excluding hydrogens is 381 g/mol. The SMILES string of the molecule is CC1(c2cc(CC(=O)c3cc(-c4cccs4)on3)ccc2F)COCC(N)=N1. The van der Waals surface area contributed by atoms with Crippen LogP contribution in [0.25, 0.3) is 10.6 Å². The van der Waals surface area contributed by atoms with Crippen LogP contribution < -0.4 is 5.73 Å². The lowest BCUT2D eigenvalue weighted by Crippen LogP contribution is -2.38. The summed E-state index contributed by atoms with van der Waals surface area (Å²) < 4.78 is 25.2. The monoisotopic (exact) mass is 399 g/mol. The molecule has 1 aliphatic heterocycles. The Morgan fingerprint density at radius 2 is 2.21 bits per heavy atom. The van der Waals surface area contributed by atoms with E-state index >= 15 is 0 Å². The number of nitrogens with two attached hydrogens (primary N) is 1. The summed E-state index contributed by atoms with van der Waals surface area (Å²) in [6.45, 7) is 2.21. The highest BCUT2D eigenvalue weighted by molar-refractivity contribution is 7.13. The molecule has 0 aliphatic carbocycles. The molecule has 0 amide bonds. The minimum Gasteiger partial charge on any atom is -0.386 e. The number of hydrogen-bond acceptors (Lipinski definition) is 7. The van der Waals surface area contributed by atoms with E-state index in [0.717, 1.165) is 4.88 Å². The number of aliphatic imine (C=N–C) groups is 1. The summed E-state index contributed by atoms with van der Waals surface area (Å²) in [5, 5.41) is 5.79. The van der Waals surface area contributed by atoms with Crippen molar-refractivity contribution in [3.8, 4) is 10.6 Å². The van der Waals surface area contributed by atoms with E-state index in [9.17, 15) is 9.18 Å². The van der Waals surface area contributed by atoms with Gasteiger partial charge in [0.25, 0.3) is 0 Å². The Bertz CT molecular complexity index is 1040. The first kappa shape index (κ1) is 18.5. The van der Waals surface area contributed by atoms with E-state index in [2.05, 4.69) is 10.1 Å². The van der Waals surface area contributed by atoms with E-state index in [1.807, 2.05) is 17.5 Å². The molecule has 1 aromatic carbocycles. The highest BCUT2D eigenvalue weighted by atomic mass is 32.1. The number of aromatic nitrogens is 1. The van der Waals surface area contributed by atoms with Gasteiger partial charge < -0.3 is 15.0 Å². The summed E-state index contributed by atoms with van der Waals surface area (Å²) in [7, 11) is 0. The van der Waals surface area contributed by atoms with Gasteiger partial charge in [0.15, 0.2) is 17.2 Å². The minimum absolute atomic E-state index is 0.0693. The molecular formula is C20H18FN3O3S. The van der Waals surface area contributed by atoms with Crippen LogP contribution >= 0.6 is 11.3 Å². The summed E-state index contributed by atoms with van der Waals surface area (Å²) in [6.07, 6.45) is 0.0693. The van der Waals surface area contributed by atoms with E-state index in [-0.39, 0.29) is 31.1 Å². The van der Waals surface area contributed by atoms with Crippen molar-refractivity contribution in [1.29, 1.82) is 0 Å². The standard InChI is InChI=1S/C20H18FN3O3S/c1-20(11-26-10-19(22)23-20)13-7-12(4-5-14(13)21)8-16(25)15-9-17(27-24-15)18-3-2-6-28-18/h2-7,9H,8,10-11H2,1H3,(H2,22,23). The molecule has 0 bridgehead atoms. The molecule has 4 rings (SSSR count). The van der Waals surface area contributed by atoms with Crippen LogP contribution in [0.4, 0.5) is 4.39 Å². The van der Waals surface area contributed by atoms with Gasteiger partial charge in [0, 0.05) is 18.1 Å². The molecule has 0 radical (unpaired) electrons. The Morgan fingerprint density at radius 3 is 2.96 bits per heavy atom. The maximum atomic E-state index is 14.5. The van der Waals surface area contributed by atoms with Gasteiger partial charge in [-0.1, -0.05) is 17.3 Å². The lowest BCUT2D eigenvalue weighted by Gasteiger charge is -2.30. The Balaban J connectivity index is 1.57. The third-order valence-electron chi connectivity index (χ3n) is 4.56. The smallest absolute Gasteiger partial charge is 0.189 e. The van der Waals surface area contributed by atoms with Gasteiger partial charge in [0.1, 0.15) is 23.8 Å². The quantitative estimate of drug-likeness (QED) is 0.663. The van der Waals surface area contributed by atoms with Crippen LogP contribution in [0.1, 0.15) is 28.5 Å². The van der Waals surface area contributed by atoms with Crippen molar-refractivity contribution in [1.82, 2.24) is 5.16 Å². The molecule has 8 heteroatoms. The Labute approximate surface area is 164 Å². The van der Waals surface area contributed by atoms with Gasteiger partial charge in [-0.05, 0) is 36.1 Å². The third-order valence-corrected chi connectivity index (χ3v) is 5.44. The first-order valence-corrected chi connectivity index (χ1v) is 9.57. The van der Waals surface area contributed by atoms with E-state index < -0.39 is 11.4 Å². The second-order valence-electron chi connectivity index (χ2n) is 6.84. The summed E-state index contributed by atoms with van der Waals surface area (Å²) in [6, 6.07) is 9.97. The second kappa shape index (κ2) is 7.29. The molecule has 0 saturated heterocycles. The lowest BCUT2D eigenvalue weighted by atomic mass is 9.90. The lowest BCUT2D eigenvalue weighted by molar-refractivity contribution is 0.0983. The molecule has 1 unspecified atom stereocenters. The number of carbonyl (C=O) groups is 1. The fraction of sp³-hybridized carbons (Fsp3) is 0.250. The van der Waals surface area contributed by atoms with Gasteiger partial charge in [-0.15, -0.1) is 11.3 Å². The Hall–Kier alpha value is -2.84. The van der Waals surface area contributed by atoms with E-state index in [1.165, 1.54) is 17.4 Å². The Morgan fingerprint density at radius 1 is 1.36 bits per heavy atom. The molecule has 0 fully saturated rings. The fourth-order valence-electron chi connectivity index (χ4n) is 3.19. The highest BCUT2D eigenvalue weighted by Crippen LogP contribution is 2.31. The van der Waals surface area contributed by atoms with Crippen LogP contribution in [-0.2, 0) is 16.7 Å². The predicted octanol–water partition coefficient (Wildman–Crippen LogP) is 3.57. The number of nitrogens with zero attached hydrogens (tertiary/aromatic N) is 2. The predicted molar refractivity (Wildman–Crippen MR) is 104 cm³/mol. The van der Waals surface area contributed by atoms with Gasteiger partial charge in [-0.2, -0.15) is 0 Å². The maximum absolute atomic E-state index is 14.5. The van der Waals surface area contributed by atoms with Gasteiger partial charge in [0.05, 0.1) is 11.5 Å². The molecule has 2 aromatic heterocycles. The summed E-state index contributed by atoms with van der Waals surface area (Å²) in [5.41, 5.74) is 6.08. The number of Topliss-reactive ketones (excluding diaryl/α,β-unsaturated/α-hetero) is 1. The first-order chi connectivity index (χ1) is 13.4. The largest absolute Gasteiger partial charge is 0.386 e. The van der Waals surface area contributed by atoms with Crippen molar-refractivity contribution in [3.63, 3.8) is 0 Å². The summed E-state index contributed by atoms with van der Waals surface area (Å²) in [4.78, 5) is 17.9. The van der Waals surface area contributed by atoms with Crippen molar-refractivity contribution in [3.05, 3.63) is 64.4 Å². The zero-order valence-corrected chi connectivity index (χ0v) is 16.0. The van der Waals surface area contributed by atoms with Crippen molar-refractivity contribution in [2.75, 3.05) is 13.2 Å². The number of hydrogen-bond donors (Lipinski definition) is 1. The van der Waals surface area contributed by atoms with E-state index in [4.69, 9.17) is 15.0 Å². The van der Waals surface area contributed by atoms with E-state index in [1.54, 1.807) is 25.1 Å². The minimum atomic E-state index is -0.925. The Kier molecular flexibility index (Phi) is 4.82. The highest BCUT2D eigenvalue weighted by Gasteiger charge is 2.33. The van der Waals surface area contributed by atoms with Crippen LogP contribution in [0.5, 0.6) is 0 Å². The van der Waals surface area contributed by atoms with Gasteiger partial charge in [-0.25, -0.2) is 4.39 Å². The van der Waals surface area contributed by atoms with Crippen molar-refractivity contribution < 1.29 is 18.4 Å². The zero-order chi connectivity index (χ0) is 19.7. The molecule has 3 heterocycles. The number of ether oxygens (including phenoxy) is 1. The number of thiophene rings is 1. The van der Waals surface area contributed by atoms with Crippen LogP contribution in [0.2, 0.25) is 0 Å². The second-order valence-corrected chi connectivity index (χ2v) is 7.79. The molecule has 3 aromatic rings. The third kappa shape index (κ3) is 3.61. The molecule has 6 nitrogen and oxygen atoms in total. The van der Waals surface area contributed by atoms with Gasteiger partial charge >= 0.3 is 0 Å². The summed E-state index contributed by atoms with van der Waals surface area (Å²) in [5.74, 6) is 0.243. The van der Waals surface area contributed by atoms with Gasteiger partial charge in [-0.3, -0.25) is 9.79 Å².